The highest BCUT2D eigenvalue weighted by molar-refractivity contribution is 5.95. The first-order valence-electron chi connectivity index (χ1n) is 11.9. The fraction of sp³-hybridized carbons (Fsp3) is 0.444. The molecule has 170 valence electrons. The molecule has 0 N–H and O–H groups in total. The Morgan fingerprint density at radius 3 is 2.85 bits per heavy atom. The van der Waals surface area contributed by atoms with Gasteiger partial charge in [0.1, 0.15) is 18.8 Å². The Morgan fingerprint density at radius 2 is 2.06 bits per heavy atom. The van der Waals surface area contributed by atoms with Gasteiger partial charge in [0.25, 0.3) is 0 Å². The summed E-state index contributed by atoms with van der Waals surface area (Å²) in [4.78, 5) is 32.3. The van der Waals surface area contributed by atoms with Gasteiger partial charge in [-0.05, 0) is 78.9 Å². The first-order chi connectivity index (χ1) is 16.0. The zero-order valence-electron chi connectivity index (χ0n) is 18.5. The second-order valence-electron chi connectivity index (χ2n) is 9.88. The van der Waals surface area contributed by atoms with Crippen LogP contribution in [-0.2, 0) is 14.9 Å². The summed E-state index contributed by atoms with van der Waals surface area (Å²) in [5.41, 5.74) is 2.66. The fourth-order valence-electron chi connectivity index (χ4n) is 6.64. The number of rotatable bonds is 2. The zero-order valence-corrected chi connectivity index (χ0v) is 18.5. The molecule has 0 radical (unpaired) electrons. The van der Waals surface area contributed by atoms with Crippen molar-refractivity contribution in [3.63, 3.8) is 0 Å². The number of alkyl halides is 1. The number of carbonyl (C=O) groups is 2. The van der Waals surface area contributed by atoms with Gasteiger partial charge in [0.2, 0.25) is 5.91 Å². The summed E-state index contributed by atoms with van der Waals surface area (Å²) in [7, 11) is 0. The van der Waals surface area contributed by atoms with Crippen LogP contribution in [0.2, 0.25) is 0 Å². The highest BCUT2D eigenvalue weighted by Crippen LogP contribution is 2.51. The molecule has 4 atom stereocenters. The quantitative estimate of drug-likeness (QED) is 0.600. The molecular formula is C27H27FN2O3. The Balaban J connectivity index is 1.56. The van der Waals surface area contributed by atoms with Crippen LogP contribution in [0.1, 0.15) is 54.8 Å². The third-order valence-corrected chi connectivity index (χ3v) is 8.30. The first kappa shape index (κ1) is 20.6. The molecule has 33 heavy (non-hydrogen) atoms. The standard InChI is InChI=1S/C27H27FN2O3/c1-2-3-20-17-6-4-16(5-7-17)19-11-13-29-21-8-9-23(28)27(24(19)21)12-10-18(14-27)22-15-33-26(32)30(22)25(20)31/h2,8-14,16-17,20,22-23H,1,3-7,15H2/t16?,17?,20-,22+,23?,27?/m1/s1. The van der Waals surface area contributed by atoms with E-state index in [4.69, 9.17) is 4.74 Å². The van der Waals surface area contributed by atoms with E-state index < -0.39 is 23.7 Å². The molecule has 6 heteroatoms. The molecular weight excluding hydrogens is 419 g/mol. The Morgan fingerprint density at radius 1 is 1.24 bits per heavy atom. The molecule has 4 bridgehead atoms. The predicted octanol–water partition coefficient (Wildman–Crippen LogP) is 5.01. The maximum absolute atomic E-state index is 15.7. The number of aromatic nitrogens is 1. The van der Waals surface area contributed by atoms with E-state index in [1.807, 2.05) is 24.4 Å². The number of halogens is 1. The number of hydrogen-bond acceptors (Lipinski definition) is 4. The van der Waals surface area contributed by atoms with Gasteiger partial charge in [-0.3, -0.25) is 9.78 Å². The minimum atomic E-state index is -1.25. The van der Waals surface area contributed by atoms with E-state index in [0.717, 1.165) is 48.1 Å². The fourth-order valence-corrected chi connectivity index (χ4v) is 6.64. The molecule has 2 amide bonds. The van der Waals surface area contributed by atoms with Crippen LogP contribution in [0.15, 0.2) is 54.8 Å². The Labute approximate surface area is 192 Å². The lowest BCUT2D eigenvalue weighted by atomic mass is 9.67. The minimum absolute atomic E-state index is 0.0878. The van der Waals surface area contributed by atoms with Crippen molar-refractivity contribution in [2.45, 2.75) is 55.7 Å². The van der Waals surface area contributed by atoms with E-state index >= 15 is 4.39 Å². The van der Waals surface area contributed by atoms with Crippen LogP contribution in [0.4, 0.5) is 9.18 Å². The molecule has 1 saturated carbocycles. The van der Waals surface area contributed by atoms with Gasteiger partial charge in [-0.1, -0.05) is 24.3 Å². The molecule has 7 rings (SSSR count). The maximum Gasteiger partial charge on any atom is 0.417 e. The Kier molecular flexibility index (Phi) is 4.68. The number of nitrogens with zero attached hydrogens (tertiary/aromatic N) is 2. The van der Waals surface area contributed by atoms with Crippen LogP contribution in [0, 0.1) is 11.8 Å². The van der Waals surface area contributed by atoms with Crippen molar-refractivity contribution in [2.24, 2.45) is 11.8 Å². The van der Waals surface area contributed by atoms with Crippen LogP contribution in [0.5, 0.6) is 0 Å². The number of imide groups is 1. The Bertz CT molecular complexity index is 1130. The number of ether oxygens (including phenoxy) is 1. The summed E-state index contributed by atoms with van der Waals surface area (Å²) in [5, 5.41) is 0. The molecule has 4 heterocycles. The molecule has 3 aliphatic heterocycles. The average Bonchev–Trinajstić information content (AvgIpc) is 3.44. The van der Waals surface area contributed by atoms with Crippen LogP contribution in [0.25, 0.3) is 6.08 Å². The molecule has 2 unspecified atom stereocenters. The topological polar surface area (TPSA) is 59.5 Å². The van der Waals surface area contributed by atoms with Crippen LogP contribution in [0.3, 0.4) is 0 Å². The van der Waals surface area contributed by atoms with Crippen molar-refractivity contribution in [3.05, 3.63) is 71.6 Å². The molecule has 1 spiro atoms. The highest BCUT2D eigenvalue weighted by Gasteiger charge is 2.50. The van der Waals surface area contributed by atoms with Crippen molar-refractivity contribution in [3.8, 4) is 0 Å². The van der Waals surface area contributed by atoms with Gasteiger partial charge in [0.15, 0.2) is 0 Å². The van der Waals surface area contributed by atoms with E-state index in [1.54, 1.807) is 18.2 Å². The van der Waals surface area contributed by atoms with Crippen molar-refractivity contribution in [1.29, 1.82) is 0 Å². The summed E-state index contributed by atoms with van der Waals surface area (Å²) < 4.78 is 21.1. The predicted molar refractivity (Wildman–Crippen MR) is 122 cm³/mol. The summed E-state index contributed by atoms with van der Waals surface area (Å²) in [6, 6.07) is 1.50. The monoisotopic (exact) mass is 446 g/mol. The number of amides is 2. The van der Waals surface area contributed by atoms with Crippen molar-refractivity contribution in [2.75, 3.05) is 6.61 Å². The lowest BCUT2D eigenvalue weighted by molar-refractivity contribution is -0.135. The lowest BCUT2D eigenvalue weighted by Crippen LogP contribution is -2.45. The molecule has 1 saturated heterocycles. The number of fused-ring (bicyclic) bond motifs is 3. The van der Waals surface area contributed by atoms with Gasteiger partial charge in [-0.15, -0.1) is 6.58 Å². The third kappa shape index (κ3) is 2.92. The van der Waals surface area contributed by atoms with E-state index in [-0.39, 0.29) is 24.3 Å². The highest BCUT2D eigenvalue weighted by atomic mass is 19.1. The van der Waals surface area contributed by atoms with E-state index in [9.17, 15) is 9.59 Å². The molecule has 1 aromatic rings. The van der Waals surface area contributed by atoms with Crippen molar-refractivity contribution in [1.82, 2.24) is 9.88 Å². The third-order valence-electron chi connectivity index (χ3n) is 8.30. The van der Waals surface area contributed by atoms with E-state index in [0.29, 0.717) is 12.3 Å². The summed E-state index contributed by atoms with van der Waals surface area (Å²) in [5.74, 6) is -0.0134. The number of carbonyl (C=O) groups excluding carboxylic acids is 2. The summed E-state index contributed by atoms with van der Waals surface area (Å²) >= 11 is 0. The van der Waals surface area contributed by atoms with Gasteiger partial charge >= 0.3 is 6.09 Å². The molecule has 5 nitrogen and oxygen atoms in total. The van der Waals surface area contributed by atoms with Gasteiger partial charge in [0, 0.05) is 12.1 Å². The molecule has 0 aromatic carbocycles. The van der Waals surface area contributed by atoms with Crippen LogP contribution in [-0.4, -0.2) is 40.7 Å². The summed E-state index contributed by atoms with van der Waals surface area (Å²) in [6.45, 7) is 3.96. The molecule has 6 aliphatic rings. The average molecular weight is 447 g/mol. The van der Waals surface area contributed by atoms with Crippen molar-refractivity contribution >= 4 is 18.1 Å². The minimum Gasteiger partial charge on any atom is -0.446 e. The van der Waals surface area contributed by atoms with Crippen LogP contribution < -0.4 is 0 Å². The Hall–Kier alpha value is -3.02. The van der Waals surface area contributed by atoms with E-state index in [2.05, 4.69) is 17.6 Å². The molecule has 1 aromatic heterocycles. The smallest absolute Gasteiger partial charge is 0.417 e. The maximum atomic E-state index is 15.7. The number of cyclic esters (lactones) is 1. The first-order valence-corrected chi connectivity index (χ1v) is 11.9. The number of pyridine rings is 1. The van der Waals surface area contributed by atoms with Gasteiger partial charge in [-0.25, -0.2) is 14.1 Å². The van der Waals surface area contributed by atoms with Crippen molar-refractivity contribution < 1.29 is 18.7 Å². The van der Waals surface area contributed by atoms with Crippen LogP contribution >= 0.6 is 0 Å². The zero-order chi connectivity index (χ0) is 22.7. The van der Waals surface area contributed by atoms with Gasteiger partial charge < -0.3 is 4.74 Å². The van der Waals surface area contributed by atoms with Gasteiger partial charge in [-0.2, -0.15) is 0 Å². The normalized spacial score (nSPS) is 36.3. The lowest BCUT2D eigenvalue weighted by Gasteiger charge is -2.38. The summed E-state index contributed by atoms with van der Waals surface area (Å²) in [6.07, 6.45) is 14.9. The van der Waals surface area contributed by atoms with Gasteiger partial charge in [0.05, 0.1) is 11.1 Å². The second kappa shape index (κ2) is 7.51. The molecule has 3 aliphatic carbocycles. The second-order valence-corrected chi connectivity index (χ2v) is 9.88. The van der Waals surface area contributed by atoms with E-state index in [1.165, 1.54) is 4.90 Å². The largest absolute Gasteiger partial charge is 0.446 e. The molecule has 2 fully saturated rings. The number of hydrogen-bond donors (Lipinski definition) is 0. The number of allylic oxidation sites excluding steroid dienone is 4. The SMILES string of the molecule is C=CC[C@H]1C(=O)N2C(=O)OC[C@H]2C2=CC3(C=C2)c2c(ccnc2C=CC3F)C2CCC1CC2.